The van der Waals surface area contributed by atoms with E-state index in [2.05, 4.69) is 9.72 Å². The minimum Gasteiger partial charge on any atom is -0.406 e. The topological polar surface area (TPSA) is 62.7 Å². The van der Waals surface area contributed by atoms with Crippen LogP contribution in [-0.2, 0) is 4.79 Å². The molecule has 0 N–H and O–H groups in total. The average molecular weight is 441 g/mol. The molecule has 2 aromatic carbocycles. The van der Waals surface area contributed by atoms with Crippen molar-refractivity contribution in [2.45, 2.75) is 32.2 Å². The largest absolute Gasteiger partial charge is 0.573 e. The molecule has 1 saturated heterocycles. The van der Waals surface area contributed by atoms with E-state index in [0.717, 1.165) is 22.4 Å². The Hall–Kier alpha value is -3.62. The van der Waals surface area contributed by atoms with Gasteiger partial charge in [-0.3, -0.25) is 14.7 Å². The normalized spacial score (nSPS) is 22.8. The number of carbonyl (C=O) groups is 2. The maximum atomic E-state index is 13.6. The second-order valence-electron chi connectivity index (χ2n) is 8.13. The minimum atomic E-state index is -4.83. The third-order valence-corrected chi connectivity index (χ3v) is 6.02. The van der Waals surface area contributed by atoms with Crippen molar-refractivity contribution in [3.63, 3.8) is 0 Å². The van der Waals surface area contributed by atoms with Gasteiger partial charge in [-0.15, -0.1) is 13.2 Å². The van der Waals surface area contributed by atoms with E-state index in [1.54, 1.807) is 6.07 Å². The number of pyridine rings is 1. The maximum absolute atomic E-state index is 13.6. The summed E-state index contributed by atoms with van der Waals surface area (Å²) < 4.78 is 41.3. The first-order chi connectivity index (χ1) is 15.1. The molecule has 3 aromatic rings. The minimum absolute atomic E-state index is 0.0657. The number of urea groups is 1. The lowest BCUT2D eigenvalue weighted by molar-refractivity contribution is -0.274. The van der Waals surface area contributed by atoms with Crippen molar-refractivity contribution in [1.29, 1.82) is 0 Å². The highest BCUT2D eigenvalue weighted by molar-refractivity contribution is 6.33. The summed E-state index contributed by atoms with van der Waals surface area (Å²) in [6, 6.07) is 13.3. The molecule has 2 fully saturated rings. The van der Waals surface area contributed by atoms with Gasteiger partial charge in [0.2, 0.25) is 0 Å². The standard InChI is InChI=1S/C23H18F3N3O3/c1-13-12-22(13)20(30)28(15-7-9-16(10-8-15)32-23(24,25)26)21(31)29(22)19-11-14(2)27-18-6-4-3-5-17(18)19/h3-11,13H,12H2,1-2H3. The maximum Gasteiger partial charge on any atom is 0.573 e. The summed E-state index contributed by atoms with van der Waals surface area (Å²) in [5.41, 5.74) is 1.17. The molecule has 1 aromatic heterocycles. The van der Waals surface area contributed by atoms with Crippen LogP contribution >= 0.6 is 0 Å². The fourth-order valence-corrected chi connectivity index (χ4v) is 4.48. The number of hydrogen-bond acceptors (Lipinski definition) is 4. The first-order valence-corrected chi connectivity index (χ1v) is 10.0. The molecule has 164 valence electrons. The molecule has 1 spiro atoms. The Labute approximate surface area is 181 Å². The van der Waals surface area contributed by atoms with Gasteiger partial charge in [-0.25, -0.2) is 9.69 Å². The first kappa shape index (κ1) is 20.3. The number of para-hydroxylation sites is 1. The number of carbonyl (C=O) groups excluding carboxylic acids is 2. The molecule has 6 nitrogen and oxygen atoms in total. The second-order valence-corrected chi connectivity index (χ2v) is 8.13. The van der Waals surface area contributed by atoms with E-state index in [4.69, 9.17) is 0 Å². The van der Waals surface area contributed by atoms with Crippen LogP contribution < -0.4 is 14.5 Å². The number of anilines is 2. The molecule has 1 aliphatic carbocycles. The van der Waals surface area contributed by atoms with Crippen LogP contribution in [0, 0.1) is 12.8 Å². The molecule has 1 aliphatic heterocycles. The van der Waals surface area contributed by atoms with Gasteiger partial charge < -0.3 is 4.74 Å². The molecule has 2 unspecified atom stereocenters. The van der Waals surface area contributed by atoms with Gasteiger partial charge in [0, 0.05) is 11.1 Å². The zero-order chi connectivity index (χ0) is 22.8. The molecule has 3 amide bonds. The van der Waals surface area contributed by atoms with Gasteiger partial charge in [0.1, 0.15) is 11.3 Å². The molecule has 32 heavy (non-hydrogen) atoms. The Balaban J connectivity index is 1.59. The second kappa shape index (κ2) is 6.69. The molecule has 1 saturated carbocycles. The van der Waals surface area contributed by atoms with E-state index < -0.39 is 29.6 Å². The summed E-state index contributed by atoms with van der Waals surface area (Å²) in [6.07, 6.45) is -4.33. The van der Waals surface area contributed by atoms with Crippen LogP contribution in [0.15, 0.2) is 54.6 Å². The summed E-state index contributed by atoms with van der Waals surface area (Å²) in [6.45, 7) is 3.72. The van der Waals surface area contributed by atoms with Crippen molar-refractivity contribution in [2.75, 3.05) is 9.80 Å². The number of amides is 3. The number of ether oxygens (including phenoxy) is 1. The quantitative estimate of drug-likeness (QED) is 0.525. The SMILES string of the molecule is Cc1cc(N2C(=O)N(c3ccc(OC(F)(F)F)cc3)C(=O)C23CC3C)c2ccccc2n1. The van der Waals surface area contributed by atoms with Gasteiger partial charge >= 0.3 is 12.4 Å². The summed E-state index contributed by atoms with van der Waals surface area (Å²) >= 11 is 0. The zero-order valence-electron chi connectivity index (χ0n) is 17.2. The van der Waals surface area contributed by atoms with E-state index in [1.165, 1.54) is 17.0 Å². The number of nitrogens with zero attached hydrogens (tertiary/aromatic N) is 3. The summed E-state index contributed by atoms with van der Waals surface area (Å²) in [5.74, 6) is -0.885. The third kappa shape index (κ3) is 2.99. The first-order valence-electron chi connectivity index (χ1n) is 10.0. The highest BCUT2D eigenvalue weighted by Crippen LogP contribution is 2.56. The predicted octanol–water partition coefficient (Wildman–Crippen LogP) is 5.19. The van der Waals surface area contributed by atoms with Crippen LogP contribution in [0.4, 0.5) is 29.3 Å². The lowest BCUT2D eigenvalue weighted by atomic mass is 10.1. The molecular formula is C23H18F3N3O3. The highest BCUT2D eigenvalue weighted by Gasteiger charge is 2.70. The van der Waals surface area contributed by atoms with E-state index >= 15 is 0 Å². The van der Waals surface area contributed by atoms with Gasteiger partial charge in [-0.1, -0.05) is 25.1 Å². The molecule has 0 radical (unpaired) electrons. The van der Waals surface area contributed by atoms with Crippen molar-refractivity contribution in [1.82, 2.24) is 4.98 Å². The fourth-order valence-electron chi connectivity index (χ4n) is 4.48. The number of imide groups is 1. The monoisotopic (exact) mass is 441 g/mol. The van der Waals surface area contributed by atoms with Crippen molar-refractivity contribution in [3.05, 3.63) is 60.3 Å². The third-order valence-electron chi connectivity index (χ3n) is 6.02. The van der Waals surface area contributed by atoms with Crippen LogP contribution in [0.25, 0.3) is 10.9 Å². The van der Waals surface area contributed by atoms with Crippen molar-refractivity contribution in [2.24, 2.45) is 5.92 Å². The van der Waals surface area contributed by atoms with Gasteiger partial charge in [0.25, 0.3) is 5.91 Å². The predicted molar refractivity (Wildman–Crippen MR) is 111 cm³/mol. The number of rotatable bonds is 3. The van der Waals surface area contributed by atoms with E-state index in [-0.39, 0.29) is 11.6 Å². The summed E-state index contributed by atoms with van der Waals surface area (Å²) in [5, 5.41) is 0.744. The van der Waals surface area contributed by atoms with Crippen molar-refractivity contribution < 1.29 is 27.5 Å². The summed E-state index contributed by atoms with van der Waals surface area (Å²) in [7, 11) is 0. The van der Waals surface area contributed by atoms with Gasteiger partial charge in [-0.2, -0.15) is 0 Å². The molecule has 2 aliphatic rings. The number of aromatic nitrogens is 1. The Kier molecular flexibility index (Phi) is 4.24. The fraction of sp³-hybridized carbons (Fsp3) is 0.261. The lowest BCUT2D eigenvalue weighted by Gasteiger charge is -2.24. The van der Waals surface area contributed by atoms with Gasteiger partial charge in [0.15, 0.2) is 0 Å². The average Bonchev–Trinajstić information content (AvgIpc) is 3.33. The van der Waals surface area contributed by atoms with Crippen LogP contribution in [0.5, 0.6) is 5.75 Å². The highest BCUT2D eigenvalue weighted by atomic mass is 19.4. The van der Waals surface area contributed by atoms with Crippen LogP contribution in [0.3, 0.4) is 0 Å². The zero-order valence-corrected chi connectivity index (χ0v) is 17.2. The van der Waals surface area contributed by atoms with E-state index in [9.17, 15) is 22.8 Å². The van der Waals surface area contributed by atoms with Crippen LogP contribution in [-0.4, -0.2) is 28.8 Å². The molecule has 9 heteroatoms. The molecule has 5 rings (SSSR count). The number of halogens is 3. The van der Waals surface area contributed by atoms with Crippen molar-refractivity contribution >= 4 is 34.2 Å². The number of aryl methyl sites for hydroxylation is 1. The smallest absolute Gasteiger partial charge is 0.406 e. The number of benzene rings is 2. The lowest BCUT2D eigenvalue weighted by Crippen LogP contribution is -2.39. The molecular weight excluding hydrogens is 423 g/mol. The number of hydrogen-bond donors (Lipinski definition) is 0. The Morgan fingerprint density at radius 2 is 1.75 bits per heavy atom. The Bertz CT molecular complexity index is 1260. The Morgan fingerprint density at radius 1 is 1.09 bits per heavy atom. The van der Waals surface area contributed by atoms with Gasteiger partial charge in [-0.05, 0) is 55.7 Å². The summed E-state index contributed by atoms with van der Waals surface area (Å²) in [4.78, 5) is 34.1. The van der Waals surface area contributed by atoms with Crippen LogP contribution in [0.1, 0.15) is 19.0 Å². The molecule has 2 heterocycles. The number of alkyl halides is 3. The Morgan fingerprint density at radius 3 is 2.38 bits per heavy atom. The van der Waals surface area contributed by atoms with E-state index in [1.807, 2.05) is 38.1 Å². The van der Waals surface area contributed by atoms with Crippen molar-refractivity contribution in [3.8, 4) is 5.75 Å². The van der Waals surface area contributed by atoms with Gasteiger partial charge in [0.05, 0.1) is 16.9 Å². The molecule has 0 bridgehead atoms. The van der Waals surface area contributed by atoms with E-state index in [0.29, 0.717) is 23.3 Å². The van der Waals surface area contributed by atoms with Crippen LogP contribution in [0.2, 0.25) is 0 Å². The number of fused-ring (bicyclic) bond motifs is 1. The molecule has 2 atom stereocenters.